The zero-order valence-electron chi connectivity index (χ0n) is 15.3. The van der Waals surface area contributed by atoms with Crippen molar-refractivity contribution in [1.29, 1.82) is 0 Å². The van der Waals surface area contributed by atoms with Crippen LogP contribution in [0.1, 0.15) is 23.2 Å². The van der Waals surface area contributed by atoms with Crippen molar-refractivity contribution in [2.24, 2.45) is 5.10 Å². The van der Waals surface area contributed by atoms with Gasteiger partial charge < -0.3 is 14.2 Å². The van der Waals surface area contributed by atoms with E-state index in [1.807, 2.05) is 30.5 Å². The number of aromatic amines is 1. The lowest BCUT2D eigenvalue weighted by atomic mass is 10.2. The molecule has 0 fully saturated rings. The monoisotopic (exact) mass is 404 g/mol. The van der Waals surface area contributed by atoms with Gasteiger partial charge in [0.25, 0.3) is 0 Å². The Balaban J connectivity index is 1.92. The van der Waals surface area contributed by atoms with E-state index < -0.39 is 0 Å². The van der Waals surface area contributed by atoms with Crippen molar-refractivity contribution in [3.05, 3.63) is 50.7 Å². The van der Waals surface area contributed by atoms with Crippen LogP contribution in [0.2, 0.25) is 0 Å². The van der Waals surface area contributed by atoms with Crippen molar-refractivity contribution in [3.8, 4) is 17.2 Å². The van der Waals surface area contributed by atoms with Gasteiger partial charge >= 0.3 is 0 Å². The van der Waals surface area contributed by atoms with Gasteiger partial charge in [-0.15, -0.1) is 11.3 Å². The van der Waals surface area contributed by atoms with Crippen LogP contribution < -0.4 is 14.2 Å². The molecule has 0 aliphatic heterocycles. The molecule has 0 spiro atoms. The summed E-state index contributed by atoms with van der Waals surface area (Å²) < 4.78 is 18.5. The van der Waals surface area contributed by atoms with Crippen molar-refractivity contribution in [3.63, 3.8) is 0 Å². The predicted octanol–water partition coefficient (Wildman–Crippen LogP) is 3.89. The number of thiophene rings is 1. The zero-order valence-corrected chi connectivity index (χ0v) is 16.9. The summed E-state index contributed by atoms with van der Waals surface area (Å²) in [5, 5.41) is 13.6. The molecule has 0 saturated heterocycles. The summed E-state index contributed by atoms with van der Waals surface area (Å²) >= 11 is 6.97. The van der Waals surface area contributed by atoms with Gasteiger partial charge in [-0.25, -0.2) is 0 Å². The minimum Gasteiger partial charge on any atom is -0.493 e. The Bertz CT molecular complexity index is 952. The Morgan fingerprint density at radius 3 is 2.63 bits per heavy atom. The van der Waals surface area contributed by atoms with Crippen LogP contribution in [-0.2, 0) is 6.42 Å². The number of nitrogens with zero attached hydrogens (tertiary/aromatic N) is 3. The molecule has 27 heavy (non-hydrogen) atoms. The molecule has 0 radical (unpaired) electrons. The van der Waals surface area contributed by atoms with Crippen LogP contribution in [0.25, 0.3) is 0 Å². The number of nitrogens with one attached hydrogen (secondary N) is 1. The number of methoxy groups -OCH3 is 2. The van der Waals surface area contributed by atoms with Crippen LogP contribution >= 0.6 is 23.6 Å². The molecule has 142 valence electrons. The summed E-state index contributed by atoms with van der Waals surface area (Å²) in [5.41, 5.74) is 0.789. The maximum absolute atomic E-state index is 5.62. The molecule has 9 heteroatoms. The molecular weight excluding hydrogens is 384 g/mol. The molecule has 0 aliphatic carbocycles. The van der Waals surface area contributed by atoms with Crippen molar-refractivity contribution in [1.82, 2.24) is 14.9 Å². The van der Waals surface area contributed by atoms with Gasteiger partial charge in [0, 0.05) is 16.9 Å². The molecule has 0 aliphatic rings. The molecule has 1 aromatic carbocycles. The first kappa shape index (κ1) is 19.1. The fourth-order valence-electron chi connectivity index (χ4n) is 2.51. The maximum atomic E-state index is 5.62. The number of rotatable bonds is 8. The highest BCUT2D eigenvalue weighted by atomic mass is 32.1. The normalized spacial score (nSPS) is 11.1. The summed E-state index contributed by atoms with van der Waals surface area (Å²) in [6.07, 6.45) is 2.34. The molecule has 7 nitrogen and oxygen atoms in total. The smallest absolute Gasteiger partial charge is 0.216 e. The minimum absolute atomic E-state index is 0.433. The first-order valence-corrected chi connectivity index (χ1v) is 9.56. The van der Waals surface area contributed by atoms with E-state index in [1.54, 1.807) is 36.4 Å². The van der Waals surface area contributed by atoms with Gasteiger partial charge in [0.1, 0.15) is 0 Å². The van der Waals surface area contributed by atoms with Gasteiger partial charge in [0.2, 0.25) is 10.5 Å². The average molecular weight is 405 g/mol. The number of aromatic nitrogens is 3. The number of hydrogen-bond donors (Lipinski definition) is 1. The molecule has 0 unspecified atom stereocenters. The van der Waals surface area contributed by atoms with E-state index >= 15 is 0 Å². The summed E-state index contributed by atoms with van der Waals surface area (Å²) in [4.78, 5) is 1.19. The lowest BCUT2D eigenvalue weighted by molar-refractivity contribution is 0.288. The SMILES string of the molecule is CCOc1c(OC)cc(/C=N\n2c(Cc3cccs3)n[nH]c2=S)cc1OC. The van der Waals surface area contributed by atoms with E-state index in [0.29, 0.717) is 35.0 Å². The summed E-state index contributed by atoms with van der Waals surface area (Å²) in [7, 11) is 3.17. The van der Waals surface area contributed by atoms with Gasteiger partial charge in [0.15, 0.2) is 17.3 Å². The Morgan fingerprint density at radius 1 is 1.30 bits per heavy atom. The van der Waals surface area contributed by atoms with Gasteiger partial charge in [-0.05, 0) is 42.7 Å². The quantitative estimate of drug-likeness (QED) is 0.455. The van der Waals surface area contributed by atoms with Crippen LogP contribution in [0.4, 0.5) is 0 Å². The second-order valence-electron chi connectivity index (χ2n) is 5.45. The number of hydrogen-bond acceptors (Lipinski definition) is 7. The van der Waals surface area contributed by atoms with Crippen molar-refractivity contribution < 1.29 is 14.2 Å². The van der Waals surface area contributed by atoms with Crippen LogP contribution in [0.15, 0.2) is 34.7 Å². The molecule has 1 N–H and O–H groups in total. The fraction of sp³-hybridized carbons (Fsp3) is 0.278. The van der Waals surface area contributed by atoms with E-state index in [1.165, 1.54) is 4.88 Å². The second-order valence-corrected chi connectivity index (χ2v) is 6.86. The Kier molecular flexibility index (Phi) is 6.25. The molecule has 0 atom stereocenters. The lowest BCUT2D eigenvalue weighted by Crippen LogP contribution is -2.01. The first-order chi connectivity index (χ1) is 13.2. The van der Waals surface area contributed by atoms with Crippen LogP contribution in [0, 0.1) is 4.77 Å². The summed E-state index contributed by atoms with van der Waals surface area (Å²) in [6.45, 7) is 2.42. The van der Waals surface area contributed by atoms with Gasteiger partial charge in [-0.2, -0.15) is 14.9 Å². The van der Waals surface area contributed by atoms with Crippen molar-refractivity contribution in [2.75, 3.05) is 20.8 Å². The zero-order chi connectivity index (χ0) is 19.2. The number of benzene rings is 1. The summed E-state index contributed by atoms with van der Waals surface area (Å²) in [6, 6.07) is 7.73. The molecule has 2 aromatic heterocycles. The number of H-pyrrole nitrogens is 1. The van der Waals surface area contributed by atoms with Crippen LogP contribution in [0.3, 0.4) is 0 Å². The largest absolute Gasteiger partial charge is 0.493 e. The fourth-order valence-corrected chi connectivity index (χ4v) is 3.41. The molecule has 3 aromatic rings. The highest BCUT2D eigenvalue weighted by molar-refractivity contribution is 7.71. The van der Waals surface area contributed by atoms with E-state index in [4.69, 9.17) is 26.4 Å². The standard InChI is InChI=1S/C18H20N4O3S2/c1-4-25-17-14(23-2)8-12(9-15(17)24-3)11-19-22-16(20-21-18(22)26)10-13-6-5-7-27-13/h5-9,11H,4,10H2,1-3H3,(H,21,26)/b19-11-. The average Bonchev–Trinajstić information content (AvgIpc) is 3.31. The predicted molar refractivity (Wildman–Crippen MR) is 108 cm³/mol. The van der Waals surface area contributed by atoms with Crippen LogP contribution in [-0.4, -0.2) is 41.9 Å². The van der Waals surface area contributed by atoms with E-state index in [9.17, 15) is 0 Å². The van der Waals surface area contributed by atoms with E-state index in [2.05, 4.69) is 21.4 Å². The van der Waals surface area contributed by atoms with Crippen molar-refractivity contribution >= 4 is 29.8 Å². The van der Waals surface area contributed by atoms with Crippen LogP contribution in [0.5, 0.6) is 17.2 Å². The Hall–Kier alpha value is -2.65. The highest BCUT2D eigenvalue weighted by Crippen LogP contribution is 2.38. The molecule has 0 amide bonds. The van der Waals surface area contributed by atoms with E-state index in [-0.39, 0.29) is 0 Å². The highest BCUT2D eigenvalue weighted by Gasteiger charge is 2.13. The molecular formula is C18H20N4O3S2. The lowest BCUT2D eigenvalue weighted by Gasteiger charge is -2.14. The minimum atomic E-state index is 0.433. The number of ether oxygens (including phenoxy) is 3. The van der Waals surface area contributed by atoms with Crippen molar-refractivity contribution in [2.45, 2.75) is 13.3 Å². The molecule has 2 heterocycles. The molecule has 3 rings (SSSR count). The third kappa shape index (κ3) is 4.37. The third-order valence-electron chi connectivity index (χ3n) is 3.72. The molecule has 0 bridgehead atoms. The maximum Gasteiger partial charge on any atom is 0.216 e. The first-order valence-electron chi connectivity index (χ1n) is 8.28. The van der Waals surface area contributed by atoms with Gasteiger partial charge in [-0.3, -0.25) is 5.10 Å². The Morgan fingerprint density at radius 2 is 2.04 bits per heavy atom. The second kappa shape index (κ2) is 8.83. The molecule has 0 saturated carbocycles. The Labute approximate surface area is 166 Å². The van der Waals surface area contributed by atoms with E-state index in [0.717, 1.165) is 11.4 Å². The topological polar surface area (TPSA) is 73.7 Å². The van der Waals surface area contributed by atoms with Gasteiger partial charge in [0.05, 0.1) is 27.0 Å². The van der Waals surface area contributed by atoms with Gasteiger partial charge in [-0.1, -0.05) is 6.07 Å². The third-order valence-corrected chi connectivity index (χ3v) is 4.86. The summed E-state index contributed by atoms with van der Waals surface area (Å²) in [5.74, 6) is 2.46.